The highest BCUT2D eigenvalue weighted by Gasteiger charge is 2.39. The number of nitrogens with zero attached hydrogens (tertiary/aromatic N) is 4. The molecule has 0 spiro atoms. The predicted octanol–water partition coefficient (Wildman–Crippen LogP) is 3.79. The van der Waals surface area contributed by atoms with Crippen LogP contribution in [0.25, 0.3) is 0 Å². The molecule has 2 aromatic rings. The Balaban J connectivity index is 1.56. The number of hydrogen-bond donors (Lipinski definition) is 0. The molecule has 4 heterocycles. The van der Waals surface area contributed by atoms with E-state index in [0.29, 0.717) is 12.0 Å². The number of rotatable bonds is 2. The zero-order valence-electron chi connectivity index (χ0n) is 13.6. The summed E-state index contributed by atoms with van der Waals surface area (Å²) in [6.07, 6.45) is 3.66. The first kappa shape index (κ1) is 15.8. The van der Waals surface area contributed by atoms with Gasteiger partial charge in [0.15, 0.2) is 0 Å². The zero-order valence-corrected chi connectivity index (χ0v) is 15.2. The molecule has 0 saturated carbocycles. The maximum Gasteiger partial charge on any atom is 0.141 e. The molecule has 126 valence electrons. The second kappa shape index (κ2) is 6.31. The van der Waals surface area contributed by atoms with Crippen molar-refractivity contribution < 1.29 is 4.39 Å². The fourth-order valence-corrected chi connectivity index (χ4v) is 4.10. The van der Waals surface area contributed by atoms with Crippen molar-refractivity contribution >= 4 is 27.6 Å². The summed E-state index contributed by atoms with van der Waals surface area (Å²) in [5.41, 5.74) is 1.02. The summed E-state index contributed by atoms with van der Waals surface area (Å²) in [6.45, 7) is 4.98. The quantitative estimate of drug-likeness (QED) is 0.780. The fraction of sp³-hybridized carbons (Fsp3) is 0.444. The van der Waals surface area contributed by atoms with Crippen molar-refractivity contribution in [2.24, 2.45) is 5.92 Å². The van der Waals surface area contributed by atoms with Crippen molar-refractivity contribution in [3.8, 4) is 0 Å². The summed E-state index contributed by atoms with van der Waals surface area (Å²) < 4.78 is 14.2. The molecule has 6 heteroatoms. The van der Waals surface area contributed by atoms with E-state index >= 15 is 0 Å². The molecule has 2 fully saturated rings. The molecule has 2 aliphatic heterocycles. The molecule has 0 amide bonds. The third-order valence-corrected chi connectivity index (χ3v) is 6.04. The Bertz CT molecular complexity index is 736. The summed E-state index contributed by atoms with van der Waals surface area (Å²) in [5, 5.41) is 0. The molecule has 2 saturated heterocycles. The predicted molar refractivity (Wildman–Crippen MR) is 96.9 cm³/mol. The monoisotopic (exact) mass is 390 g/mol. The van der Waals surface area contributed by atoms with Crippen LogP contribution in [0.1, 0.15) is 18.5 Å². The lowest BCUT2D eigenvalue weighted by molar-refractivity contribution is 0.388. The second-order valence-corrected chi connectivity index (χ2v) is 7.47. The van der Waals surface area contributed by atoms with Crippen LogP contribution in [0.15, 0.2) is 34.9 Å². The molecule has 2 atom stereocenters. The van der Waals surface area contributed by atoms with Crippen LogP contribution in [-0.4, -0.2) is 35.6 Å². The first-order valence-electron chi connectivity index (χ1n) is 8.38. The molecule has 2 aromatic heterocycles. The lowest BCUT2D eigenvalue weighted by Gasteiger charge is -2.39. The average Bonchev–Trinajstić information content (AvgIpc) is 3.01. The summed E-state index contributed by atoms with van der Waals surface area (Å²) in [7, 11) is 0. The smallest absolute Gasteiger partial charge is 0.141 e. The standard InChI is InChI=1S/C18H20BrFN4/c1-12-15(19)3-5-18(22-12)24-9-7-13-6-8-23(11-16(13)24)17-4-2-14(20)10-21-17/h2-5,10,13,16H,6-9,11H2,1H3. The van der Waals surface area contributed by atoms with Crippen LogP contribution >= 0.6 is 15.9 Å². The highest BCUT2D eigenvalue weighted by molar-refractivity contribution is 9.10. The van der Waals surface area contributed by atoms with E-state index in [-0.39, 0.29) is 5.82 Å². The molecule has 0 bridgehead atoms. The van der Waals surface area contributed by atoms with E-state index in [2.05, 4.69) is 42.8 Å². The van der Waals surface area contributed by atoms with Gasteiger partial charge in [-0.2, -0.15) is 0 Å². The van der Waals surface area contributed by atoms with Crippen molar-refractivity contribution in [2.45, 2.75) is 25.8 Å². The number of aryl methyl sites for hydroxylation is 1. The summed E-state index contributed by atoms with van der Waals surface area (Å²) >= 11 is 3.52. The summed E-state index contributed by atoms with van der Waals surface area (Å²) in [4.78, 5) is 13.7. The van der Waals surface area contributed by atoms with Crippen LogP contribution in [0, 0.1) is 18.7 Å². The molecule has 2 unspecified atom stereocenters. The lowest BCUT2D eigenvalue weighted by atomic mass is 9.92. The van der Waals surface area contributed by atoms with E-state index in [1.54, 1.807) is 6.07 Å². The summed E-state index contributed by atoms with van der Waals surface area (Å²) in [5.74, 6) is 2.33. The maximum atomic E-state index is 13.1. The third kappa shape index (κ3) is 2.88. The van der Waals surface area contributed by atoms with Crippen LogP contribution in [0.4, 0.5) is 16.0 Å². The SMILES string of the molecule is Cc1nc(N2CCC3CCN(c4ccc(F)cn4)CC32)ccc1Br. The lowest BCUT2D eigenvalue weighted by Crippen LogP contribution is -2.48. The van der Waals surface area contributed by atoms with Gasteiger partial charge in [0.25, 0.3) is 0 Å². The minimum atomic E-state index is -0.286. The van der Waals surface area contributed by atoms with Crippen LogP contribution in [0.2, 0.25) is 0 Å². The van der Waals surface area contributed by atoms with Gasteiger partial charge in [0.05, 0.1) is 17.9 Å². The van der Waals surface area contributed by atoms with Crippen LogP contribution in [-0.2, 0) is 0 Å². The minimum absolute atomic E-state index is 0.286. The van der Waals surface area contributed by atoms with E-state index in [9.17, 15) is 4.39 Å². The molecular formula is C18H20BrFN4. The average molecular weight is 391 g/mol. The molecule has 0 aromatic carbocycles. The second-order valence-electron chi connectivity index (χ2n) is 6.62. The highest BCUT2D eigenvalue weighted by atomic mass is 79.9. The van der Waals surface area contributed by atoms with Gasteiger partial charge in [-0.1, -0.05) is 0 Å². The Labute approximate surface area is 149 Å². The van der Waals surface area contributed by atoms with Crippen LogP contribution in [0.5, 0.6) is 0 Å². The zero-order chi connectivity index (χ0) is 16.7. The number of fused-ring (bicyclic) bond motifs is 1. The topological polar surface area (TPSA) is 32.3 Å². The number of piperidine rings is 1. The molecule has 0 N–H and O–H groups in total. The van der Waals surface area contributed by atoms with Crippen molar-refractivity contribution in [1.29, 1.82) is 0 Å². The molecule has 0 radical (unpaired) electrons. The first-order chi connectivity index (χ1) is 11.6. The minimum Gasteiger partial charge on any atom is -0.355 e. The van der Waals surface area contributed by atoms with Crippen LogP contribution < -0.4 is 9.80 Å². The van der Waals surface area contributed by atoms with Gasteiger partial charge < -0.3 is 9.80 Å². The Morgan fingerprint density at radius 3 is 2.67 bits per heavy atom. The van der Waals surface area contributed by atoms with E-state index in [0.717, 1.165) is 47.9 Å². The van der Waals surface area contributed by atoms with Crippen molar-refractivity contribution in [3.63, 3.8) is 0 Å². The molecule has 24 heavy (non-hydrogen) atoms. The Hall–Kier alpha value is -1.69. The van der Waals surface area contributed by atoms with Gasteiger partial charge >= 0.3 is 0 Å². The van der Waals surface area contributed by atoms with Gasteiger partial charge in [-0.25, -0.2) is 14.4 Å². The van der Waals surface area contributed by atoms with E-state index in [1.165, 1.54) is 18.7 Å². The van der Waals surface area contributed by atoms with Gasteiger partial charge in [0, 0.05) is 24.1 Å². The Kier molecular flexibility index (Phi) is 4.16. The molecule has 4 rings (SSSR count). The van der Waals surface area contributed by atoms with E-state index in [1.807, 2.05) is 6.92 Å². The van der Waals surface area contributed by atoms with Crippen molar-refractivity contribution in [1.82, 2.24) is 9.97 Å². The van der Waals surface area contributed by atoms with E-state index in [4.69, 9.17) is 4.98 Å². The van der Waals surface area contributed by atoms with Gasteiger partial charge in [-0.05, 0) is 65.9 Å². The van der Waals surface area contributed by atoms with Crippen molar-refractivity contribution in [2.75, 3.05) is 29.4 Å². The largest absolute Gasteiger partial charge is 0.355 e. The van der Waals surface area contributed by atoms with Gasteiger partial charge in [-0.3, -0.25) is 0 Å². The number of halogens is 2. The fourth-order valence-electron chi connectivity index (χ4n) is 3.88. The Morgan fingerprint density at radius 1 is 1.12 bits per heavy atom. The number of hydrogen-bond acceptors (Lipinski definition) is 4. The number of pyridine rings is 2. The highest BCUT2D eigenvalue weighted by Crippen LogP contribution is 2.36. The first-order valence-corrected chi connectivity index (χ1v) is 9.17. The number of anilines is 2. The number of aromatic nitrogens is 2. The summed E-state index contributed by atoms with van der Waals surface area (Å²) in [6, 6.07) is 7.87. The van der Waals surface area contributed by atoms with Crippen molar-refractivity contribution in [3.05, 3.63) is 46.4 Å². The van der Waals surface area contributed by atoms with E-state index < -0.39 is 0 Å². The normalized spacial score (nSPS) is 23.5. The maximum absolute atomic E-state index is 13.1. The van der Waals surface area contributed by atoms with Gasteiger partial charge in [0.1, 0.15) is 17.5 Å². The molecule has 2 aliphatic rings. The van der Waals surface area contributed by atoms with Gasteiger partial charge in [0.2, 0.25) is 0 Å². The molecule has 0 aliphatic carbocycles. The molecular weight excluding hydrogens is 371 g/mol. The van der Waals surface area contributed by atoms with Gasteiger partial charge in [-0.15, -0.1) is 0 Å². The third-order valence-electron chi connectivity index (χ3n) is 5.20. The molecule has 4 nitrogen and oxygen atoms in total. The van der Waals surface area contributed by atoms with Crippen LogP contribution in [0.3, 0.4) is 0 Å². The Morgan fingerprint density at radius 2 is 1.92 bits per heavy atom.